The predicted octanol–water partition coefficient (Wildman–Crippen LogP) is 0.205. The number of rotatable bonds is 20. The maximum atomic E-state index is 11.5. The van der Waals surface area contributed by atoms with E-state index in [1.54, 1.807) is 0 Å². The van der Waals surface area contributed by atoms with Crippen LogP contribution >= 0.6 is 0 Å². The zero-order chi connectivity index (χ0) is 18.4. The second-order valence-corrected chi connectivity index (χ2v) is 5.27. The lowest BCUT2D eigenvalue weighted by Crippen LogP contribution is -2.28. The highest BCUT2D eigenvalue weighted by Gasteiger charge is 2.00. The molecule has 0 aliphatic heterocycles. The van der Waals surface area contributed by atoms with Crippen LogP contribution in [0.5, 0.6) is 0 Å². The number of amides is 1. The topological polar surface area (TPSA) is 87.3 Å². The number of carbonyl (C=O) groups excluding carboxylic acids is 1. The molecule has 0 atom stereocenters. The van der Waals surface area contributed by atoms with Gasteiger partial charge in [-0.05, 0) is 13.5 Å². The Labute approximate surface area is 151 Å². The van der Waals surface area contributed by atoms with Gasteiger partial charge >= 0.3 is 0 Å². The fraction of sp³-hybridized carbons (Fsp3) is 0.941. The number of carbonyl (C=O) groups is 1. The van der Waals surface area contributed by atoms with Crippen molar-refractivity contribution >= 4 is 5.91 Å². The van der Waals surface area contributed by atoms with Crippen LogP contribution in [0.4, 0.5) is 0 Å². The summed E-state index contributed by atoms with van der Waals surface area (Å²) < 4.78 is 26.7. The molecule has 0 aliphatic carbocycles. The Morgan fingerprint density at radius 2 is 1.16 bits per heavy atom. The first-order valence-corrected chi connectivity index (χ1v) is 9.11. The normalized spacial score (nSPS) is 11.0. The van der Waals surface area contributed by atoms with E-state index >= 15 is 0 Å². The molecule has 0 bridgehead atoms. The smallest absolute Gasteiger partial charge is 0.222 e. The molecule has 0 fully saturated rings. The van der Waals surface area contributed by atoms with Crippen molar-refractivity contribution in [3.05, 3.63) is 0 Å². The molecule has 2 N–H and O–H groups in total. The molecule has 1 amide bonds. The lowest BCUT2D eigenvalue weighted by molar-refractivity contribution is -0.122. The Hall–Kier alpha value is -0.770. The molecule has 0 heterocycles. The van der Waals surface area contributed by atoms with Crippen molar-refractivity contribution in [2.45, 2.75) is 19.8 Å². The standard InChI is InChI=1S/C17H36N2O6/c1-3-7-21-10-6-19-17(20)4-8-22-11-13-24-15-16-25-14-12-23-9-5-18-2/h18H,3-16H2,1-2H3,(H,19,20). The van der Waals surface area contributed by atoms with E-state index in [9.17, 15) is 4.79 Å². The lowest BCUT2D eigenvalue weighted by atomic mass is 10.4. The zero-order valence-electron chi connectivity index (χ0n) is 15.8. The number of hydrogen-bond acceptors (Lipinski definition) is 7. The number of ether oxygens (including phenoxy) is 5. The first-order valence-electron chi connectivity index (χ1n) is 9.11. The van der Waals surface area contributed by atoms with Gasteiger partial charge in [-0.1, -0.05) is 6.92 Å². The summed E-state index contributed by atoms with van der Waals surface area (Å²) in [6, 6.07) is 0. The van der Waals surface area contributed by atoms with E-state index in [1.807, 2.05) is 7.05 Å². The first-order chi connectivity index (χ1) is 12.3. The highest BCUT2D eigenvalue weighted by Crippen LogP contribution is 1.86. The molecule has 8 heteroatoms. The zero-order valence-corrected chi connectivity index (χ0v) is 15.8. The van der Waals surface area contributed by atoms with Crippen molar-refractivity contribution in [1.82, 2.24) is 10.6 Å². The third-order valence-corrected chi connectivity index (χ3v) is 3.00. The molecule has 0 radical (unpaired) electrons. The Bertz CT molecular complexity index is 282. The van der Waals surface area contributed by atoms with Crippen LogP contribution in [0.25, 0.3) is 0 Å². The predicted molar refractivity (Wildman–Crippen MR) is 95.9 cm³/mol. The van der Waals surface area contributed by atoms with E-state index in [0.717, 1.165) is 19.6 Å². The largest absolute Gasteiger partial charge is 0.380 e. The Kier molecular flexibility index (Phi) is 20.6. The van der Waals surface area contributed by atoms with Gasteiger partial charge in [-0.3, -0.25) is 4.79 Å². The summed E-state index contributed by atoms with van der Waals surface area (Å²) in [7, 11) is 1.89. The molecule has 150 valence electrons. The van der Waals surface area contributed by atoms with Gasteiger partial charge < -0.3 is 34.3 Å². The van der Waals surface area contributed by atoms with Gasteiger partial charge in [0.2, 0.25) is 5.91 Å². The van der Waals surface area contributed by atoms with E-state index < -0.39 is 0 Å². The van der Waals surface area contributed by atoms with E-state index in [-0.39, 0.29) is 5.91 Å². The first kappa shape index (κ1) is 24.2. The van der Waals surface area contributed by atoms with Gasteiger partial charge in [-0.25, -0.2) is 0 Å². The Balaban J connectivity index is 3.09. The minimum Gasteiger partial charge on any atom is -0.380 e. The van der Waals surface area contributed by atoms with Crippen molar-refractivity contribution in [1.29, 1.82) is 0 Å². The van der Waals surface area contributed by atoms with Gasteiger partial charge in [0.05, 0.1) is 59.5 Å². The lowest BCUT2D eigenvalue weighted by Gasteiger charge is -2.08. The molecule has 0 aliphatic rings. The third kappa shape index (κ3) is 21.2. The van der Waals surface area contributed by atoms with Gasteiger partial charge in [0.1, 0.15) is 0 Å². The number of hydrogen-bond donors (Lipinski definition) is 2. The van der Waals surface area contributed by atoms with Crippen molar-refractivity contribution in [3.63, 3.8) is 0 Å². The molecule has 25 heavy (non-hydrogen) atoms. The minimum absolute atomic E-state index is 0.0219. The van der Waals surface area contributed by atoms with Gasteiger partial charge in [-0.15, -0.1) is 0 Å². The summed E-state index contributed by atoms with van der Waals surface area (Å²) in [5, 5.41) is 5.79. The second-order valence-electron chi connectivity index (χ2n) is 5.27. The van der Waals surface area contributed by atoms with Gasteiger partial charge in [-0.2, -0.15) is 0 Å². The molecule has 0 unspecified atom stereocenters. The van der Waals surface area contributed by atoms with Crippen molar-refractivity contribution in [3.8, 4) is 0 Å². The van der Waals surface area contributed by atoms with E-state index in [1.165, 1.54) is 0 Å². The molecule has 0 aromatic heterocycles. The minimum atomic E-state index is -0.0219. The summed E-state index contributed by atoms with van der Waals surface area (Å²) in [4.78, 5) is 11.5. The Morgan fingerprint density at radius 1 is 0.680 bits per heavy atom. The van der Waals surface area contributed by atoms with Crippen molar-refractivity contribution < 1.29 is 28.5 Å². The van der Waals surface area contributed by atoms with Gasteiger partial charge in [0, 0.05) is 26.1 Å². The van der Waals surface area contributed by atoms with Crippen LogP contribution in [0.2, 0.25) is 0 Å². The van der Waals surface area contributed by atoms with E-state index in [0.29, 0.717) is 72.4 Å². The maximum absolute atomic E-state index is 11.5. The van der Waals surface area contributed by atoms with Gasteiger partial charge in [0.15, 0.2) is 0 Å². The van der Waals surface area contributed by atoms with Crippen LogP contribution in [0.3, 0.4) is 0 Å². The summed E-state index contributed by atoms with van der Waals surface area (Å²) in [5.41, 5.74) is 0. The SMILES string of the molecule is CCCOCCNC(=O)CCOCCOCCOCCOCCNC. The highest BCUT2D eigenvalue weighted by atomic mass is 16.6. The molecule has 0 aromatic rings. The van der Waals surface area contributed by atoms with Crippen LogP contribution in [0.15, 0.2) is 0 Å². The molecule has 0 rings (SSSR count). The quantitative estimate of drug-likeness (QED) is 0.299. The van der Waals surface area contributed by atoms with E-state index in [2.05, 4.69) is 17.6 Å². The molecule has 0 saturated carbocycles. The molecule has 0 saturated heterocycles. The Morgan fingerprint density at radius 3 is 1.72 bits per heavy atom. The van der Waals surface area contributed by atoms with Crippen LogP contribution < -0.4 is 10.6 Å². The van der Waals surface area contributed by atoms with Crippen LogP contribution in [0, 0.1) is 0 Å². The van der Waals surface area contributed by atoms with Gasteiger partial charge in [0.25, 0.3) is 0 Å². The molecular formula is C17H36N2O6. The summed E-state index contributed by atoms with van der Waals surface area (Å²) >= 11 is 0. The number of likely N-dealkylation sites (N-methyl/N-ethyl adjacent to an activating group) is 1. The average molecular weight is 364 g/mol. The molecule has 8 nitrogen and oxygen atoms in total. The summed E-state index contributed by atoms with van der Waals surface area (Å²) in [6.45, 7) is 9.01. The second kappa shape index (κ2) is 21.3. The van der Waals surface area contributed by atoms with Crippen LogP contribution in [-0.4, -0.2) is 92.1 Å². The van der Waals surface area contributed by atoms with E-state index in [4.69, 9.17) is 23.7 Å². The average Bonchev–Trinajstić information content (AvgIpc) is 2.62. The number of nitrogens with one attached hydrogen (secondary N) is 2. The summed E-state index contributed by atoms with van der Waals surface area (Å²) in [6.07, 6.45) is 1.34. The molecule has 0 aromatic carbocycles. The highest BCUT2D eigenvalue weighted by molar-refractivity contribution is 5.75. The van der Waals surface area contributed by atoms with Crippen LogP contribution in [0.1, 0.15) is 19.8 Å². The fourth-order valence-corrected chi connectivity index (χ4v) is 1.70. The molecule has 0 spiro atoms. The van der Waals surface area contributed by atoms with Crippen molar-refractivity contribution in [2.24, 2.45) is 0 Å². The monoisotopic (exact) mass is 364 g/mol. The fourth-order valence-electron chi connectivity index (χ4n) is 1.70. The van der Waals surface area contributed by atoms with Crippen LogP contribution in [-0.2, 0) is 28.5 Å². The molecular weight excluding hydrogens is 328 g/mol. The van der Waals surface area contributed by atoms with Crippen molar-refractivity contribution in [2.75, 3.05) is 86.2 Å². The third-order valence-electron chi connectivity index (χ3n) is 3.00. The summed E-state index contributed by atoms with van der Waals surface area (Å²) in [5.74, 6) is -0.0219. The maximum Gasteiger partial charge on any atom is 0.222 e.